The zero-order chi connectivity index (χ0) is 18.0. The van der Waals surface area contributed by atoms with E-state index in [1.165, 1.54) is 6.92 Å². The molecular weight excluding hydrogens is 320 g/mol. The van der Waals surface area contributed by atoms with Gasteiger partial charge >= 0.3 is 5.97 Å². The number of carbonyl (C=O) groups is 3. The molecule has 1 unspecified atom stereocenters. The van der Waals surface area contributed by atoms with Gasteiger partial charge in [-0.05, 0) is 36.5 Å². The molecule has 0 aromatic heterocycles. The first-order valence-corrected chi connectivity index (χ1v) is 8.54. The number of aliphatic carboxylic acids is 1. The van der Waals surface area contributed by atoms with Gasteiger partial charge < -0.3 is 15.3 Å². The van der Waals surface area contributed by atoms with E-state index in [0.29, 0.717) is 19.3 Å². The molecule has 2 amide bonds. The predicted molar refractivity (Wildman–Crippen MR) is 92.3 cm³/mol. The minimum Gasteiger partial charge on any atom is -0.481 e. The van der Waals surface area contributed by atoms with E-state index in [1.807, 2.05) is 30.3 Å². The molecule has 1 heterocycles. The van der Waals surface area contributed by atoms with E-state index in [9.17, 15) is 14.4 Å². The monoisotopic (exact) mass is 342 g/mol. The van der Waals surface area contributed by atoms with Gasteiger partial charge in [0.2, 0.25) is 11.8 Å². The summed E-state index contributed by atoms with van der Waals surface area (Å²) in [5.74, 6) is -1.45. The lowest BCUT2D eigenvalue weighted by Crippen LogP contribution is -2.38. The molecule has 2 aliphatic rings. The Morgan fingerprint density at radius 1 is 1.24 bits per heavy atom. The fraction of sp³-hybridized carbons (Fsp3) is 0.421. The molecule has 0 bridgehead atoms. The molecule has 1 aliphatic heterocycles. The van der Waals surface area contributed by atoms with Crippen LogP contribution in [0.25, 0.3) is 6.08 Å². The number of benzene rings is 1. The molecule has 132 valence electrons. The van der Waals surface area contributed by atoms with E-state index in [4.69, 9.17) is 5.11 Å². The summed E-state index contributed by atoms with van der Waals surface area (Å²) in [6.45, 7) is 1.48. The van der Waals surface area contributed by atoms with Crippen molar-refractivity contribution in [2.45, 2.75) is 44.7 Å². The zero-order valence-electron chi connectivity index (χ0n) is 14.1. The van der Waals surface area contributed by atoms with Gasteiger partial charge in [0.05, 0.1) is 18.4 Å². The highest BCUT2D eigenvalue weighted by molar-refractivity contribution is 5.82. The molecule has 6 heteroatoms. The van der Waals surface area contributed by atoms with Crippen LogP contribution in [0.2, 0.25) is 0 Å². The highest BCUT2D eigenvalue weighted by atomic mass is 16.4. The van der Waals surface area contributed by atoms with Crippen molar-refractivity contribution in [1.82, 2.24) is 10.2 Å². The Morgan fingerprint density at radius 3 is 2.68 bits per heavy atom. The lowest BCUT2D eigenvalue weighted by atomic mass is 9.93. The molecule has 2 N–H and O–H groups in total. The molecule has 1 aromatic carbocycles. The summed E-state index contributed by atoms with van der Waals surface area (Å²) in [6, 6.07) is 7.28. The molecule has 25 heavy (non-hydrogen) atoms. The third-order valence-corrected chi connectivity index (χ3v) is 4.99. The standard InChI is InChI=1S/C19H22N2O4/c1-12(22)21-9-8-13-4-2-3-5-16(13)17(21)11-18(23)20-15-7-6-14(10-15)19(24)25/h2-5,8-9,14-15,17H,6-7,10-11H2,1H3,(H,20,23)(H,24,25)/t14-,15+,17?/m0/s1. The lowest BCUT2D eigenvalue weighted by Gasteiger charge is -2.32. The van der Waals surface area contributed by atoms with E-state index in [1.54, 1.807) is 11.1 Å². The summed E-state index contributed by atoms with van der Waals surface area (Å²) in [5.41, 5.74) is 1.95. The second-order valence-electron chi connectivity index (χ2n) is 6.70. The summed E-state index contributed by atoms with van der Waals surface area (Å²) in [4.78, 5) is 37.1. The van der Waals surface area contributed by atoms with E-state index < -0.39 is 5.97 Å². The van der Waals surface area contributed by atoms with Crippen LogP contribution in [-0.4, -0.2) is 33.8 Å². The van der Waals surface area contributed by atoms with Crippen molar-refractivity contribution < 1.29 is 19.5 Å². The van der Waals surface area contributed by atoms with Crippen molar-refractivity contribution in [3.8, 4) is 0 Å². The van der Waals surface area contributed by atoms with Crippen molar-refractivity contribution in [1.29, 1.82) is 0 Å². The first kappa shape index (κ1) is 17.2. The molecule has 0 radical (unpaired) electrons. The van der Waals surface area contributed by atoms with Crippen molar-refractivity contribution in [2.24, 2.45) is 5.92 Å². The Morgan fingerprint density at radius 2 is 2.00 bits per heavy atom. The molecule has 3 rings (SSSR count). The van der Waals surface area contributed by atoms with Crippen LogP contribution >= 0.6 is 0 Å². The summed E-state index contributed by atoms with van der Waals surface area (Å²) in [7, 11) is 0. The summed E-state index contributed by atoms with van der Waals surface area (Å²) >= 11 is 0. The van der Waals surface area contributed by atoms with Gasteiger partial charge in [0.1, 0.15) is 0 Å². The third kappa shape index (κ3) is 3.73. The zero-order valence-corrected chi connectivity index (χ0v) is 14.1. The largest absolute Gasteiger partial charge is 0.481 e. The van der Waals surface area contributed by atoms with Gasteiger partial charge in [0, 0.05) is 19.2 Å². The Labute approximate surface area is 146 Å². The van der Waals surface area contributed by atoms with Crippen molar-refractivity contribution in [3.63, 3.8) is 0 Å². The van der Waals surface area contributed by atoms with Gasteiger partial charge in [-0.1, -0.05) is 24.3 Å². The SMILES string of the molecule is CC(=O)N1C=Cc2ccccc2C1CC(=O)N[C@@H]1CC[C@H](C(=O)O)C1. The van der Waals surface area contributed by atoms with E-state index >= 15 is 0 Å². The van der Waals surface area contributed by atoms with Crippen molar-refractivity contribution in [3.05, 3.63) is 41.6 Å². The first-order valence-electron chi connectivity index (χ1n) is 8.54. The number of nitrogens with one attached hydrogen (secondary N) is 1. The molecular formula is C19H22N2O4. The van der Waals surface area contributed by atoms with Gasteiger partial charge in [-0.3, -0.25) is 14.4 Å². The molecule has 0 saturated heterocycles. The van der Waals surface area contributed by atoms with Crippen LogP contribution in [0.1, 0.15) is 49.8 Å². The van der Waals surface area contributed by atoms with Crippen LogP contribution in [0.3, 0.4) is 0 Å². The van der Waals surface area contributed by atoms with Gasteiger partial charge in [-0.25, -0.2) is 0 Å². The average molecular weight is 342 g/mol. The lowest BCUT2D eigenvalue weighted by molar-refractivity contribution is -0.141. The van der Waals surface area contributed by atoms with Gasteiger partial charge in [-0.15, -0.1) is 0 Å². The van der Waals surface area contributed by atoms with E-state index in [-0.39, 0.29) is 36.2 Å². The normalized spacial score (nSPS) is 24.7. The number of hydrogen-bond acceptors (Lipinski definition) is 3. The van der Waals surface area contributed by atoms with Crippen LogP contribution in [0, 0.1) is 5.92 Å². The molecule has 1 saturated carbocycles. The molecule has 6 nitrogen and oxygen atoms in total. The number of carbonyl (C=O) groups excluding carboxylic acids is 2. The number of hydrogen-bond donors (Lipinski definition) is 2. The fourth-order valence-corrected chi connectivity index (χ4v) is 3.71. The summed E-state index contributed by atoms with van der Waals surface area (Å²) in [5, 5.41) is 12.0. The maximum atomic E-state index is 12.5. The second-order valence-corrected chi connectivity index (χ2v) is 6.70. The third-order valence-electron chi connectivity index (χ3n) is 4.99. The first-order chi connectivity index (χ1) is 12.0. The summed E-state index contributed by atoms with van der Waals surface area (Å²) in [6.07, 6.45) is 5.50. The Bertz CT molecular complexity index is 728. The quantitative estimate of drug-likeness (QED) is 0.879. The minimum atomic E-state index is -0.800. The van der Waals surface area contributed by atoms with E-state index in [2.05, 4.69) is 5.32 Å². The van der Waals surface area contributed by atoms with E-state index in [0.717, 1.165) is 11.1 Å². The number of amides is 2. The number of nitrogens with zero attached hydrogens (tertiary/aromatic N) is 1. The number of fused-ring (bicyclic) bond motifs is 1. The smallest absolute Gasteiger partial charge is 0.306 e. The number of carboxylic acid groups (broad SMARTS) is 1. The molecule has 1 fully saturated rings. The highest BCUT2D eigenvalue weighted by Crippen LogP contribution is 2.33. The van der Waals surface area contributed by atoms with Gasteiger partial charge in [0.15, 0.2) is 0 Å². The summed E-state index contributed by atoms with van der Waals surface area (Å²) < 4.78 is 0. The fourth-order valence-electron chi connectivity index (χ4n) is 3.71. The maximum Gasteiger partial charge on any atom is 0.306 e. The average Bonchev–Trinajstić information content (AvgIpc) is 3.03. The Hall–Kier alpha value is -2.63. The maximum absolute atomic E-state index is 12.5. The highest BCUT2D eigenvalue weighted by Gasteiger charge is 2.32. The van der Waals surface area contributed by atoms with Crippen molar-refractivity contribution >= 4 is 23.9 Å². The van der Waals surface area contributed by atoms with Crippen LogP contribution in [0.4, 0.5) is 0 Å². The number of rotatable bonds is 4. The van der Waals surface area contributed by atoms with Crippen LogP contribution < -0.4 is 5.32 Å². The molecule has 0 spiro atoms. The topological polar surface area (TPSA) is 86.7 Å². The Balaban J connectivity index is 1.69. The predicted octanol–water partition coefficient (Wildman–Crippen LogP) is 2.32. The van der Waals surface area contributed by atoms with Gasteiger partial charge in [-0.2, -0.15) is 0 Å². The van der Waals surface area contributed by atoms with Crippen LogP contribution in [0.15, 0.2) is 30.5 Å². The van der Waals surface area contributed by atoms with Crippen LogP contribution in [-0.2, 0) is 14.4 Å². The molecule has 3 atom stereocenters. The molecule has 1 aliphatic carbocycles. The minimum absolute atomic E-state index is 0.103. The number of carboxylic acids is 1. The van der Waals surface area contributed by atoms with Gasteiger partial charge in [0.25, 0.3) is 0 Å². The Kier molecular flexibility index (Phi) is 4.88. The van der Waals surface area contributed by atoms with Crippen LogP contribution in [0.5, 0.6) is 0 Å². The molecule has 1 aromatic rings. The second kappa shape index (κ2) is 7.09. The van der Waals surface area contributed by atoms with Crippen molar-refractivity contribution in [2.75, 3.05) is 0 Å².